The number of anilines is 2. The topological polar surface area (TPSA) is 42.5 Å². The zero-order valence-corrected chi connectivity index (χ0v) is 33.5. The van der Waals surface area contributed by atoms with Gasteiger partial charge in [0, 0.05) is 34.4 Å². The molecule has 1 heterocycles. The van der Waals surface area contributed by atoms with Crippen LogP contribution in [0.4, 0.5) is 11.4 Å². The molecular weight excluding hydrogens is 655 g/mol. The van der Waals surface area contributed by atoms with Crippen molar-refractivity contribution >= 4 is 39.9 Å². The number of nitrogens with one attached hydrogen (secondary N) is 2. The van der Waals surface area contributed by atoms with E-state index in [1.807, 2.05) is 0 Å². The van der Waals surface area contributed by atoms with Crippen molar-refractivity contribution in [3.8, 4) is 0 Å². The molecule has 0 amide bonds. The Balaban J connectivity index is 0.000000353. The molecule has 0 aromatic heterocycles. The summed E-state index contributed by atoms with van der Waals surface area (Å²) in [5, 5.41) is 7.10. The molecule has 1 fully saturated rings. The summed E-state index contributed by atoms with van der Waals surface area (Å²) in [5.74, 6) is 0. The van der Waals surface area contributed by atoms with Crippen molar-refractivity contribution in [2.45, 2.75) is 181 Å². The molecule has 48 heavy (non-hydrogen) atoms. The van der Waals surface area contributed by atoms with Gasteiger partial charge in [-0.3, -0.25) is 0 Å². The van der Waals surface area contributed by atoms with E-state index in [1.165, 1.54) is 134 Å². The summed E-state index contributed by atoms with van der Waals surface area (Å²) in [6, 6.07) is 16.7. The van der Waals surface area contributed by atoms with E-state index < -0.39 is 0 Å². The van der Waals surface area contributed by atoms with Gasteiger partial charge < -0.3 is 19.9 Å². The Morgan fingerprint density at radius 2 is 0.854 bits per heavy atom. The van der Waals surface area contributed by atoms with Crippen LogP contribution in [0.15, 0.2) is 53.0 Å². The standard InChI is InChI=1S/C24H42BNO2.C18H30BrN/c1-6-7-8-9-10-11-12-13-14-17-20-26-22-19-16-15-18-21(22)25-27-23(2,3)24(4,5)28-25;1-2-3-4-5-6-7-8-9-10-13-16-20-18-15-12-11-14-17(18)19/h15-16,18-19,26H,6-14,17,20H2,1-5H3;11-12,14-15,20H,2-10,13,16H2,1H3. The Hall–Kier alpha value is -1.50. The fraction of sp³-hybridized carbons (Fsp3) is 0.714. The fourth-order valence-electron chi connectivity index (χ4n) is 6.11. The van der Waals surface area contributed by atoms with Gasteiger partial charge in [0.2, 0.25) is 0 Å². The van der Waals surface area contributed by atoms with Crippen molar-refractivity contribution in [3.63, 3.8) is 0 Å². The molecule has 1 saturated heterocycles. The second-order valence-corrected chi connectivity index (χ2v) is 15.7. The molecule has 4 nitrogen and oxygen atoms in total. The molecule has 0 atom stereocenters. The number of hydrogen-bond donors (Lipinski definition) is 2. The first-order chi connectivity index (χ1) is 23.2. The lowest BCUT2D eigenvalue weighted by Crippen LogP contribution is -2.41. The number of hydrogen-bond acceptors (Lipinski definition) is 4. The van der Waals surface area contributed by atoms with Gasteiger partial charge in [-0.05, 0) is 74.7 Å². The Labute approximate surface area is 306 Å². The van der Waals surface area contributed by atoms with Crippen molar-refractivity contribution in [2.75, 3.05) is 23.7 Å². The molecule has 1 aliphatic rings. The van der Waals surface area contributed by atoms with Crippen LogP contribution in [0.25, 0.3) is 0 Å². The number of benzene rings is 2. The van der Waals surface area contributed by atoms with Gasteiger partial charge in [-0.25, -0.2) is 0 Å². The van der Waals surface area contributed by atoms with E-state index in [0.717, 1.165) is 28.7 Å². The third-order valence-electron chi connectivity index (χ3n) is 10.0. The number of para-hydroxylation sites is 2. The summed E-state index contributed by atoms with van der Waals surface area (Å²) in [6.45, 7) is 15.1. The second kappa shape index (κ2) is 25.5. The summed E-state index contributed by atoms with van der Waals surface area (Å²) in [7, 11) is -0.304. The molecule has 0 radical (unpaired) electrons. The van der Waals surface area contributed by atoms with Gasteiger partial charge in [-0.1, -0.05) is 160 Å². The van der Waals surface area contributed by atoms with Gasteiger partial charge in [-0.15, -0.1) is 0 Å². The van der Waals surface area contributed by atoms with Crippen molar-refractivity contribution in [1.82, 2.24) is 0 Å². The zero-order chi connectivity index (χ0) is 34.9. The first-order valence-electron chi connectivity index (χ1n) is 19.9. The summed E-state index contributed by atoms with van der Waals surface area (Å²) < 4.78 is 13.6. The van der Waals surface area contributed by atoms with E-state index in [0.29, 0.717) is 0 Å². The van der Waals surface area contributed by atoms with E-state index >= 15 is 0 Å². The maximum Gasteiger partial charge on any atom is 0.496 e. The van der Waals surface area contributed by atoms with Gasteiger partial charge in [0.25, 0.3) is 0 Å². The van der Waals surface area contributed by atoms with Crippen LogP contribution in [0, 0.1) is 0 Å². The fourth-order valence-corrected chi connectivity index (χ4v) is 6.53. The average Bonchev–Trinajstić information content (AvgIpc) is 3.29. The van der Waals surface area contributed by atoms with E-state index in [-0.39, 0.29) is 18.3 Å². The SMILES string of the molecule is CCCCCCCCCCCCNc1ccccc1B1OC(C)(C)C(C)(C)O1.CCCCCCCCCCCCNc1ccccc1Br. The van der Waals surface area contributed by atoms with E-state index in [2.05, 4.69) is 117 Å². The van der Waals surface area contributed by atoms with Gasteiger partial charge in [0.05, 0.1) is 11.2 Å². The lowest BCUT2D eigenvalue weighted by Gasteiger charge is -2.32. The summed E-state index contributed by atoms with van der Waals surface area (Å²) in [4.78, 5) is 0. The molecule has 0 saturated carbocycles. The first-order valence-corrected chi connectivity index (χ1v) is 20.7. The largest absolute Gasteiger partial charge is 0.496 e. The van der Waals surface area contributed by atoms with Crippen LogP contribution in [0.1, 0.15) is 170 Å². The van der Waals surface area contributed by atoms with Crippen LogP contribution in [-0.2, 0) is 9.31 Å². The van der Waals surface area contributed by atoms with Gasteiger partial charge in [0.15, 0.2) is 0 Å². The molecule has 2 aromatic rings. The second-order valence-electron chi connectivity index (χ2n) is 14.9. The molecule has 6 heteroatoms. The molecule has 3 rings (SSSR count). The van der Waals surface area contributed by atoms with Gasteiger partial charge >= 0.3 is 7.12 Å². The van der Waals surface area contributed by atoms with E-state index in [1.54, 1.807) is 0 Å². The van der Waals surface area contributed by atoms with Crippen molar-refractivity contribution in [1.29, 1.82) is 0 Å². The molecule has 0 bridgehead atoms. The lowest BCUT2D eigenvalue weighted by atomic mass is 9.78. The lowest BCUT2D eigenvalue weighted by molar-refractivity contribution is 0.00578. The highest BCUT2D eigenvalue weighted by Crippen LogP contribution is 2.37. The van der Waals surface area contributed by atoms with E-state index in [4.69, 9.17) is 9.31 Å². The molecule has 1 aliphatic heterocycles. The Morgan fingerprint density at radius 1 is 0.500 bits per heavy atom. The molecule has 0 unspecified atom stereocenters. The molecule has 2 N–H and O–H groups in total. The monoisotopic (exact) mass is 726 g/mol. The Kier molecular flexibility index (Phi) is 22.6. The van der Waals surface area contributed by atoms with Crippen molar-refractivity contribution < 1.29 is 9.31 Å². The minimum Gasteiger partial charge on any atom is -0.399 e. The Bertz CT molecular complexity index is 1060. The first kappa shape index (κ1) is 42.7. The minimum atomic E-state index is -0.304. The predicted octanol–water partition coefficient (Wildman–Crippen LogP) is 13.1. The van der Waals surface area contributed by atoms with Crippen molar-refractivity contribution in [2.24, 2.45) is 0 Å². The molecule has 272 valence electrons. The normalized spacial score (nSPS) is 14.9. The minimum absolute atomic E-state index is 0.304. The van der Waals surface area contributed by atoms with Crippen LogP contribution < -0.4 is 16.1 Å². The summed E-state index contributed by atoms with van der Waals surface area (Å²) >= 11 is 3.56. The highest BCUT2D eigenvalue weighted by molar-refractivity contribution is 9.10. The molecule has 0 spiro atoms. The number of unbranched alkanes of at least 4 members (excludes halogenated alkanes) is 18. The van der Waals surface area contributed by atoms with Crippen LogP contribution >= 0.6 is 15.9 Å². The average molecular weight is 728 g/mol. The van der Waals surface area contributed by atoms with Crippen molar-refractivity contribution in [3.05, 3.63) is 53.0 Å². The molecular formula is C42H72BBrN2O2. The summed E-state index contributed by atoms with van der Waals surface area (Å²) in [6.07, 6.45) is 27.6. The zero-order valence-electron chi connectivity index (χ0n) is 31.9. The number of rotatable bonds is 25. The van der Waals surface area contributed by atoms with Crippen LogP contribution in [0.3, 0.4) is 0 Å². The maximum absolute atomic E-state index is 6.24. The van der Waals surface area contributed by atoms with Crippen LogP contribution in [0.2, 0.25) is 0 Å². The molecule has 0 aliphatic carbocycles. The highest BCUT2D eigenvalue weighted by atomic mass is 79.9. The summed E-state index contributed by atoms with van der Waals surface area (Å²) in [5.41, 5.74) is 2.84. The van der Waals surface area contributed by atoms with Crippen LogP contribution in [-0.4, -0.2) is 31.4 Å². The van der Waals surface area contributed by atoms with E-state index in [9.17, 15) is 0 Å². The van der Waals surface area contributed by atoms with Gasteiger partial charge in [-0.2, -0.15) is 0 Å². The molecule has 2 aromatic carbocycles. The highest BCUT2D eigenvalue weighted by Gasteiger charge is 2.52. The number of halogens is 1. The maximum atomic E-state index is 6.24. The Morgan fingerprint density at radius 3 is 1.29 bits per heavy atom. The van der Waals surface area contributed by atoms with Gasteiger partial charge in [0.1, 0.15) is 0 Å². The third-order valence-corrected chi connectivity index (χ3v) is 10.7. The third kappa shape index (κ3) is 17.4. The van der Waals surface area contributed by atoms with Crippen LogP contribution in [0.5, 0.6) is 0 Å². The smallest absolute Gasteiger partial charge is 0.399 e. The quantitative estimate of drug-likeness (QED) is 0.0789. The predicted molar refractivity (Wildman–Crippen MR) is 217 cm³/mol.